The van der Waals surface area contributed by atoms with Gasteiger partial charge in [0, 0.05) is 13.0 Å². The van der Waals surface area contributed by atoms with Crippen LogP contribution in [0.2, 0.25) is 0 Å². The first kappa shape index (κ1) is 23.6. The molecule has 5 heteroatoms. The number of carbonyl (C=O) groups is 1. The number of aryl methyl sites for hydroxylation is 4. The summed E-state index contributed by atoms with van der Waals surface area (Å²) < 4.78 is 8.20. The van der Waals surface area contributed by atoms with Gasteiger partial charge < -0.3 is 14.6 Å². The van der Waals surface area contributed by atoms with E-state index in [4.69, 9.17) is 9.72 Å². The van der Waals surface area contributed by atoms with Crippen LogP contribution in [0.3, 0.4) is 0 Å². The summed E-state index contributed by atoms with van der Waals surface area (Å²) in [6.45, 7) is 7.59. The summed E-state index contributed by atoms with van der Waals surface area (Å²) >= 11 is 0. The molecule has 1 heterocycles. The van der Waals surface area contributed by atoms with Crippen LogP contribution in [0.4, 0.5) is 0 Å². The van der Waals surface area contributed by atoms with Crippen LogP contribution in [0.25, 0.3) is 11.0 Å². The van der Waals surface area contributed by atoms with Gasteiger partial charge in [-0.05, 0) is 74.6 Å². The molecular formula is C29H33N3O2. The second-order valence-corrected chi connectivity index (χ2v) is 8.83. The lowest BCUT2D eigenvalue weighted by atomic mass is 10.1. The zero-order valence-electron chi connectivity index (χ0n) is 20.3. The molecule has 0 aliphatic heterocycles. The molecule has 1 N–H and O–H groups in total. The van der Waals surface area contributed by atoms with Crippen LogP contribution < -0.4 is 10.1 Å². The van der Waals surface area contributed by atoms with E-state index in [1.165, 1.54) is 16.7 Å². The number of aromatic nitrogens is 2. The van der Waals surface area contributed by atoms with Crippen molar-refractivity contribution in [2.45, 2.75) is 52.6 Å². The molecule has 1 unspecified atom stereocenters. The molecule has 3 aromatic carbocycles. The molecule has 0 radical (unpaired) electrons. The number of nitrogens with one attached hydrogen (secondary N) is 1. The van der Waals surface area contributed by atoms with Crippen molar-refractivity contribution in [3.63, 3.8) is 0 Å². The predicted octanol–water partition coefficient (Wildman–Crippen LogP) is 5.93. The zero-order chi connectivity index (χ0) is 23.9. The van der Waals surface area contributed by atoms with Crippen molar-refractivity contribution < 1.29 is 9.53 Å². The van der Waals surface area contributed by atoms with E-state index in [0.717, 1.165) is 42.0 Å². The standard InChI is InChI=1S/C29H33N3O2/c1-21-14-16-25(20-22(21)2)34-19-9-18-32-27-13-8-7-12-26(27)31-29(32)23(3)30-28(33)17-15-24-10-5-4-6-11-24/h4-8,10-14,16,20,23H,9,15,17-19H2,1-3H3,(H,30,33). The molecule has 4 aromatic rings. The molecule has 0 aliphatic carbocycles. The highest BCUT2D eigenvalue weighted by molar-refractivity contribution is 5.78. The molecule has 0 fully saturated rings. The number of nitrogens with zero attached hydrogens (tertiary/aromatic N) is 2. The fourth-order valence-corrected chi connectivity index (χ4v) is 4.16. The SMILES string of the molecule is Cc1ccc(OCCCn2c(C(C)NC(=O)CCc3ccccc3)nc3ccccc32)cc1C. The Morgan fingerprint density at radius 2 is 1.76 bits per heavy atom. The zero-order valence-corrected chi connectivity index (χ0v) is 20.3. The summed E-state index contributed by atoms with van der Waals surface area (Å²) in [6, 6.07) is 24.2. The second-order valence-electron chi connectivity index (χ2n) is 8.83. The maximum atomic E-state index is 12.6. The Hall–Kier alpha value is -3.60. The third-order valence-corrected chi connectivity index (χ3v) is 6.21. The number of hydrogen-bond acceptors (Lipinski definition) is 3. The van der Waals surface area contributed by atoms with E-state index in [1.54, 1.807) is 0 Å². The summed E-state index contributed by atoms with van der Waals surface area (Å²) in [5, 5.41) is 3.14. The normalized spacial score (nSPS) is 12.0. The van der Waals surface area contributed by atoms with Gasteiger partial charge in [-0.1, -0.05) is 48.5 Å². The minimum absolute atomic E-state index is 0.0352. The van der Waals surface area contributed by atoms with Gasteiger partial charge in [-0.3, -0.25) is 4.79 Å². The maximum Gasteiger partial charge on any atom is 0.220 e. The highest BCUT2D eigenvalue weighted by Gasteiger charge is 2.18. The molecule has 5 nitrogen and oxygen atoms in total. The van der Waals surface area contributed by atoms with Crippen LogP contribution in [0.5, 0.6) is 5.75 Å². The highest BCUT2D eigenvalue weighted by Crippen LogP contribution is 2.22. The van der Waals surface area contributed by atoms with E-state index < -0.39 is 0 Å². The van der Waals surface area contributed by atoms with E-state index in [-0.39, 0.29) is 11.9 Å². The smallest absolute Gasteiger partial charge is 0.220 e. The van der Waals surface area contributed by atoms with Gasteiger partial charge >= 0.3 is 0 Å². The number of fused-ring (bicyclic) bond motifs is 1. The Morgan fingerprint density at radius 3 is 2.56 bits per heavy atom. The molecular weight excluding hydrogens is 422 g/mol. The Labute approximate surface area is 201 Å². The third-order valence-electron chi connectivity index (χ3n) is 6.21. The molecule has 0 spiro atoms. The van der Waals surface area contributed by atoms with E-state index in [1.807, 2.05) is 49.4 Å². The quantitative estimate of drug-likeness (QED) is 0.302. The van der Waals surface area contributed by atoms with Crippen molar-refractivity contribution in [1.82, 2.24) is 14.9 Å². The van der Waals surface area contributed by atoms with Crippen molar-refractivity contribution in [2.24, 2.45) is 0 Å². The minimum Gasteiger partial charge on any atom is -0.494 e. The van der Waals surface area contributed by atoms with Gasteiger partial charge in [-0.25, -0.2) is 4.98 Å². The number of imidazole rings is 1. The first-order valence-electron chi connectivity index (χ1n) is 12.0. The fourth-order valence-electron chi connectivity index (χ4n) is 4.16. The molecule has 0 saturated heterocycles. The molecule has 1 atom stereocenters. The summed E-state index contributed by atoms with van der Waals surface area (Å²) in [5.41, 5.74) is 5.69. The number of amides is 1. The molecule has 0 bridgehead atoms. The molecule has 1 aromatic heterocycles. The summed E-state index contributed by atoms with van der Waals surface area (Å²) in [5.74, 6) is 1.81. The Balaban J connectivity index is 1.39. The topological polar surface area (TPSA) is 56.1 Å². The number of hydrogen-bond donors (Lipinski definition) is 1. The minimum atomic E-state index is -0.184. The average Bonchev–Trinajstić information content (AvgIpc) is 3.22. The number of carbonyl (C=O) groups excluding carboxylic acids is 1. The number of para-hydroxylation sites is 2. The molecule has 1 amide bonds. The van der Waals surface area contributed by atoms with Crippen molar-refractivity contribution in [3.8, 4) is 5.75 Å². The van der Waals surface area contributed by atoms with Crippen molar-refractivity contribution in [3.05, 3.63) is 95.3 Å². The van der Waals surface area contributed by atoms with Gasteiger partial charge in [0.25, 0.3) is 0 Å². The molecule has 4 rings (SSSR count). The maximum absolute atomic E-state index is 12.6. The van der Waals surface area contributed by atoms with Crippen LogP contribution in [0.15, 0.2) is 72.8 Å². The van der Waals surface area contributed by atoms with Crippen LogP contribution in [0, 0.1) is 13.8 Å². The van der Waals surface area contributed by atoms with Gasteiger partial charge in [0.1, 0.15) is 11.6 Å². The van der Waals surface area contributed by atoms with E-state index in [0.29, 0.717) is 13.0 Å². The molecule has 176 valence electrons. The summed E-state index contributed by atoms with van der Waals surface area (Å²) in [6.07, 6.45) is 2.03. The van der Waals surface area contributed by atoms with E-state index in [9.17, 15) is 4.79 Å². The Kier molecular flexibility index (Phi) is 7.63. The Bertz CT molecular complexity index is 1250. The molecule has 34 heavy (non-hydrogen) atoms. The lowest BCUT2D eigenvalue weighted by molar-refractivity contribution is -0.121. The Morgan fingerprint density at radius 1 is 1.00 bits per heavy atom. The van der Waals surface area contributed by atoms with Gasteiger partial charge in [-0.2, -0.15) is 0 Å². The van der Waals surface area contributed by atoms with E-state index in [2.05, 4.69) is 54.1 Å². The largest absolute Gasteiger partial charge is 0.494 e. The van der Waals surface area contributed by atoms with Gasteiger partial charge in [0.15, 0.2) is 0 Å². The second kappa shape index (κ2) is 11.0. The van der Waals surface area contributed by atoms with E-state index >= 15 is 0 Å². The van der Waals surface area contributed by atoms with Crippen molar-refractivity contribution >= 4 is 16.9 Å². The van der Waals surface area contributed by atoms with Crippen LogP contribution in [-0.4, -0.2) is 22.1 Å². The van der Waals surface area contributed by atoms with Gasteiger partial charge in [-0.15, -0.1) is 0 Å². The first-order valence-corrected chi connectivity index (χ1v) is 12.0. The summed E-state index contributed by atoms with van der Waals surface area (Å²) in [4.78, 5) is 17.5. The van der Waals surface area contributed by atoms with Crippen LogP contribution >= 0.6 is 0 Å². The average molecular weight is 456 g/mol. The molecule has 0 saturated carbocycles. The number of ether oxygens (including phenoxy) is 1. The number of rotatable bonds is 10. The summed E-state index contributed by atoms with van der Waals surface area (Å²) in [7, 11) is 0. The lowest BCUT2D eigenvalue weighted by Gasteiger charge is -2.17. The van der Waals surface area contributed by atoms with Crippen molar-refractivity contribution in [2.75, 3.05) is 6.61 Å². The van der Waals surface area contributed by atoms with Crippen molar-refractivity contribution in [1.29, 1.82) is 0 Å². The molecule has 0 aliphatic rings. The van der Waals surface area contributed by atoms with Gasteiger partial charge in [0.05, 0.1) is 23.7 Å². The fraction of sp³-hybridized carbons (Fsp3) is 0.310. The van der Waals surface area contributed by atoms with Crippen LogP contribution in [-0.2, 0) is 17.8 Å². The first-order chi connectivity index (χ1) is 16.5. The lowest BCUT2D eigenvalue weighted by Crippen LogP contribution is -2.29. The predicted molar refractivity (Wildman–Crippen MR) is 137 cm³/mol. The third kappa shape index (κ3) is 5.84. The van der Waals surface area contributed by atoms with Gasteiger partial charge in [0.2, 0.25) is 5.91 Å². The van der Waals surface area contributed by atoms with Crippen LogP contribution in [0.1, 0.15) is 48.3 Å². The number of benzene rings is 3. The highest BCUT2D eigenvalue weighted by atomic mass is 16.5. The monoisotopic (exact) mass is 455 g/mol.